The fourth-order valence-corrected chi connectivity index (χ4v) is 4.23. The molecule has 2 saturated carbocycles. The first-order chi connectivity index (χ1) is 14.2. The predicted octanol–water partition coefficient (Wildman–Crippen LogP) is 2.46. The van der Waals surface area contributed by atoms with E-state index in [0.29, 0.717) is 29.7 Å². The molecule has 8 nitrogen and oxygen atoms in total. The first-order valence-electron chi connectivity index (χ1n) is 10.3. The Morgan fingerprint density at radius 2 is 1.97 bits per heavy atom. The SMILES string of the molecule is CC(=O)C(C)NC(=O)[C@@H]1CC[C@H]1c1nc2c(cnn2C2CCC(F)(F)CC2)c(=O)[nH]1. The third-order valence-corrected chi connectivity index (χ3v) is 6.45. The normalized spacial score (nSPS) is 24.9. The number of fused-ring (bicyclic) bond motifs is 1. The molecule has 0 aromatic carbocycles. The zero-order valence-corrected chi connectivity index (χ0v) is 17.0. The van der Waals surface area contributed by atoms with E-state index in [9.17, 15) is 23.2 Å². The van der Waals surface area contributed by atoms with Gasteiger partial charge in [-0.1, -0.05) is 0 Å². The number of halogens is 2. The van der Waals surface area contributed by atoms with Crippen LogP contribution in [0.2, 0.25) is 0 Å². The van der Waals surface area contributed by atoms with Crippen molar-refractivity contribution in [3.05, 3.63) is 22.4 Å². The van der Waals surface area contributed by atoms with Crippen LogP contribution in [0.3, 0.4) is 0 Å². The Balaban J connectivity index is 1.59. The zero-order chi connectivity index (χ0) is 21.6. The van der Waals surface area contributed by atoms with E-state index >= 15 is 0 Å². The second-order valence-corrected chi connectivity index (χ2v) is 8.50. The lowest BCUT2D eigenvalue weighted by Crippen LogP contribution is -2.46. The van der Waals surface area contributed by atoms with E-state index in [-0.39, 0.29) is 60.8 Å². The Bertz CT molecular complexity index is 1040. The highest BCUT2D eigenvalue weighted by atomic mass is 19.3. The molecule has 2 aromatic rings. The number of amides is 1. The summed E-state index contributed by atoms with van der Waals surface area (Å²) in [4.78, 5) is 43.9. The Labute approximate surface area is 171 Å². The Kier molecular flexibility index (Phi) is 5.19. The number of hydrogen-bond acceptors (Lipinski definition) is 5. The number of rotatable bonds is 5. The summed E-state index contributed by atoms with van der Waals surface area (Å²) >= 11 is 0. The molecule has 2 fully saturated rings. The first kappa shape index (κ1) is 20.6. The van der Waals surface area contributed by atoms with Crippen molar-refractivity contribution in [1.82, 2.24) is 25.1 Å². The number of aromatic amines is 1. The standard InChI is InChI=1S/C20H25F2N5O3/c1-10(11(2)28)24-18(29)14-4-3-13(14)16-25-17-15(19(30)26-16)9-23-27(17)12-5-7-20(21,22)8-6-12/h9-10,12-14H,3-8H2,1-2H3,(H,24,29)(H,25,26,30)/t10?,13-,14-/m1/s1. The molecule has 1 amide bonds. The number of aromatic nitrogens is 4. The number of alkyl halides is 2. The van der Waals surface area contributed by atoms with Crippen LogP contribution in [0.1, 0.15) is 70.2 Å². The van der Waals surface area contributed by atoms with Crippen molar-refractivity contribution in [2.24, 2.45) is 5.92 Å². The van der Waals surface area contributed by atoms with Crippen molar-refractivity contribution in [1.29, 1.82) is 0 Å². The maximum Gasteiger partial charge on any atom is 0.262 e. The monoisotopic (exact) mass is 421 g/mol. The second-order valence-electron chi connectivity index (χ2n) is 8.50. The van der Waals surface area contributed by atoms with Crippen LogP contribution in [0.4, 0.5) is 8.78 Å². The van der Waals surface area contributed by atoms with Gasteiger partial charge in [0.05, 0.1) is 18.3 Å². The lowest BCUT2D eigenvalue weighted by atomic mass is 9.72. The molecule has 4 rings (SSSR count). The molecule has 0 bridgehead atoms. The summed E-state index contributed by atoms with van der Waals surface area (Å²) in [5.74, 6) is -3.26. The highest BCUT2D eigenvalue weighted by molar-refractivity contribution is 5.88. The van der Waals surface area contributed by atoms with Crippen LogP contribution in [-0.2, 0) is 9.59 Å². The molecular weight excluding hydrogens is 396 g/mol. The minimum absolute atomic E-state index is 0.130. The summed E-state index contributed by atoms with van der Waals surface area (Å²) in [5, 5.41) is 7.27. The van der Waals surface area contributed by atoms with Gasteiger partial charge < -0.3 is 10.3 Å². The smallest absolute Gasteiger partial charge is 0.262 e. The third-order valence-electron chi connectivity index (χ3n) is 6.45. The number of carbonyl (C=O) groups excluding carboxylic acids is 2. The third kappa shape index (κ3) is 3.75. The Morgan fingerprint density at radius 1 is 1.27 bits per heavy atom. The number of hydrogen-bond donors (Lipinski definition) is 2. The van der Waals surface area contributed by atoms with Crippen LogP contribution in [0.15, 0.2) is 11.0 Å². The molecule has 30 heavy (non-hydrogen) atoms. The van der Waals surface area contributed by atoms with Crippen molar-refractivity contribution in [2.45, 2.75) is 76.3 Å². The number of nitrogens with zero attached hydrogens (tertiary/aromatic N) is 3. The lowest BCUT2D eigenvalue weighted by molar-refractivity contribution is -0.132. The van der Waals surface area contributed by atoms with E-state index in [4.69, 9.17) is 0 Å². The van der Waals surface area contributed by atoms with Crippen LogP contribution < -0.4 is 10.9 Å². The van der Waals surface area contributed by atoms with Crippen LogP contribution >= 0.6 is 0 Å². The number of carbonyl (C=O) groups is 2. The molecule has 1 unspecified atom stereocenters. The van der Waals surface area contributed by atoms with Gasteiger partial charge in [-0.3, -0.25) is 14.4 Å². The maximum atomic E-state index is 13.5. The average molecular weight is 421 g/mol. The van der Waals surface area contributed by atoms with Gasteiger partial charge in [-0.25, -0.2) is 18.4 Å². The largest absolute Gasteiger partial charge is 0.346 e. The summed E-state index contributed by atoms with van der Waals surface area (Å²) in [6.07, 6.45) is 2.85. The maximum absolute atomic E-state index is 13.5. The van der Waals surface area contributed by atoms with Crippen molar-refractivity contribution in [2.75, 3.05) is 0 Å². The predicted molar refractivity (Wildman–Crippen MR) is 104 cm³/mol. The molecule has 10 heteroatoms. The lowest BCUT2D eigenvalue weighted by Gasteiger charge is -2.35. The first-order valence-corrected chi connectivity index (χ1v) is 10.3. The topological polar surface area (TPSA) is 110 Å². The zero-order valence-electron chi connectivity index (χ0n) is 17.0. The van der Waals surface area contributed by atoms with Gasteiger partial charge in [0.1, 0.15) is 11.2 Å². The van der Waals surface area contributed by atoms with E-state index in [1.807, 2.05) is 0 Å². The molecule has 2 N–H and O–H groups in total. The summed E-state index contributed by atoms with van der Waals surface area (Å²) in [6.45, 7) is 3.05. The quantitative estimate of drug-likeness (QED) is 0.771. The summed E-state index contributed by atoms with van der Waals surface area (Å²) < 4.78 is 28.6. The highest BCUT2D eigenvalue weighted by Crippen LogP contribution is 2.42. The van der Waals surface area contributed by atoms with E-state index in [0.717, 1.165) is 0 Å². The molecule has 2 aliphatic carbocycles. The minimum Gasteiger partial charge on any atom is -0.346 e. The van der Waals surface area contributed by atoms with Gasteiger partial charge in [0, 0.05) is 24.7 Å². The molecular formula is C20H25F2N5O3. The number of ketones is 1. The van der Waals surface area contributed by atoms with Gasteiger partial charge in [-0.2, -0.15) is 5.10 Å². The molecule has 2 heterocycles. The molecule has 0 aliphatic heterocycles. The van der Waals surface area contributed by atoms with Gasteiger partial charge in [0.2, 0.25) is 11.8 Å². The molecule has 2 aromatic heterocycles. The van der Waals surface area contributed by atoms with E-state index in [2.05, 4.69) is 20.4 Å². The van der Waals surface area contributed by atoms with Gasteiger partial charge in [0.15, 0.2) is 11.4 Å². The second kappa shape index (κ2) is 7.55. The van der Waals surface area contributed by atoms with Crippen LogP contribution in [0.5, 0.6) is 0 Å². The minimum atomic E-state index is -2.65. The number of nitrogens with one attached hydrogen (secondary N) is 2. The number of Topliss-reactive ketones (excluding diaryl/α,β-unsaturated/α-hetero) is 1. The summed E-state index contributed by atoms with van der Waals surface area (Å²) in [6, 6.07) is -0.805. The molecule has 162 valence electrons. The van der Waals surface area contributed by atoms with Crippen LogP contribution in [0.25, 0.3) is 11.0 Å². The average Bonchev–Trinajstić information content (AvgIpc) is 3.05. The molecule has 0 saturated heterocycles. The van der Waals surface area contributed by atoms with E-state index in [1.165, 1.54) is 13.1 Å². The van der Waals surface area contributed by atoms with Crippen molar-refractivity contribution >= 4 is 22.7 Å². The Hall–Kier alpha value is -2.65. The van der Waals surface area contributed by atoms with Gasteiger partial charge in [0.25, 0.3) is 5.56 Å². The molecule has 0 radical (unpaired) electrons. The van der Waals surface area contributed by atoms with Gasteiger partial charge in [-0.05, 0) is 39.5 Å². The molecule has 2 aliphatic rings. The van der Waals surface area contributed by atoms with E-state index < -0.39 is 12.0 Å². The van der Waals surface area contributed by atoms with Gasteiger partial charge in [-0.15, -0.1) is 0 Å². The molecule has 3 atom stereocenters. The van der Waals surface area contributed by atoms with Crippen LogP contribution in [-0.4, -0.2) is 43.4 Å². The summed E-state index contributed by atoms with van der Waals surface area (Å²) in [7, 11) is 0. The number of H-pyrrole nitrogens is 1. The fourth-order valence-electron chi connectivity index (χ4n) is 4.23. The fraction of sp³-hybridized carbons (Fsp3) is 0.650. The van der Waals surface area contributed by atoms with Crippen LogP contribution in [0, 0.1) is 5.92 Å². The van der Waals surface area contributed by atoms with Crippen molar-refractivity contribution in [3.8, 4) is 0 Å². The van der Waals surface area contributed by atoms with Gasteiger partial charge >= 0.3 is 0 Å². The van der Waals surface area contributed by atoms with E-state index in [1.54, 1.807) is 11.6 Å². The Morgan fingerprint density at radius 3 is 2.57 bits per heavy atom. The highest BCUT2D eigenvalue weighted by Gasteiger charge is 2.40. The summed E-state index contributed by atoms with van der Waals surface area (Å²) in [5.41, 5.74) is 0.0117. The van der Waals surface area contributed by atoms with Crippen molar-refractivity contribution in [3.63, 3.8) is 0 Å². The van der Waals surface area contributed by atoms with Crippen molar-refractivity contribution < 1.29 is 18.4 Å². The molecule has 0 spiro atoms.